The van der Waals surface area contributed by atoms with Gasteiger partial charge in [-0.2, -0.15) is 0 Å². The number of methoxy groups -OCH3 is 1. The summed E-state index contributed by atoms with van der Waals surface area (Å²) in [6, 6.07) is 14.0. The van der Waals surface area contributed by atoms with Gasteiger partial charge in [-0.05, 0) is 18.6 Å². The van der Waals surface area contributed by atoms with Crippen LogP contribution < -0.4 is 4.74 Å². The number of non-ortho nitro benzene ring substituents is 1. The van der Waals surface area contributed by atoms with Crippen molar-refractivity contribution in [3.63, 3.8) is 0 Å². The van der Waals surface area contributed by atoms with Gasteiger partial charge in [-0.3, -0.25) is 14.9 Å². The molecule has 2 aliphatic heterocycles. The highest BCUT2D eigenvalue weighted by molar-refractivity contribution is 5.80. The average molecular weight is 369 g/mol. The number of hydrogen-bond acceptors (Lipinski definition) is 6. The molecule has 140 valence electrons. The lowest BCUT2D eigenvalue weighted by Crippen LogP contribution is -2.49. The first-order valence-corrected chi connectivity index (χ1v) is 8.70. The second-order valence-corrected chi connectivity index (χ2v) is 7.02. The molecule has 2 aromatic carbocycles. The first-order chi connectivity index (χ1) is 12.9. The third-order valence-electron chi connectivity index (χ3n) is 5.38. The summed E-state index contributed by atoms with van der Waals surface area (Å²) in [6.07, 6.45) is -0.113. The maximum absolute atomic E-state index is 12.8. The Morgan fingerprint density at radius 3 is 2.63 bits per heavy atom. The Bertz CT molecular complexity index is 899. The molecule has 0 aromatic heterocycles. The molecule has 0 spiro atoms. The minimum absolute atomic E-state index is 0.134. The Morgan fingerprint density at radius 2 is 1.96 bits per heavy atom. The van der Waals surface area contributed by atoms with Crippen molar-refractivity contribution in [2.45, 2.75) is 31.2 Å². The molecule has 1 saturated heterocycles. The zero-order valence-electron chi connectivity index (χ0n) is 15.0. The van der Waals surface area contributed by atoms with Crippen molar-refractivity contribution in [2.24, 2.45) is 5.92 Å². The fourth-order valence-electron chi connectivity index (χ4n) is 3.97. The molecule has 4 atom stereocenters. The average Bonchev–Trinajstić information content (AvgIpc) is 2.67. The number of fused-ring (bicyclic) bond motifs is 3. The van der Waals surface area contributed by atoms with Crippen molar-refractivity contribution < 1.29 is 23.9 Å². The number of nitrogens with zero attached hydrogens (tertiary/aromatic N) is 1. The highest BCUT2D eigenvalue weighted by atomic mass is 16.7. The van der Waals surface area contributed by atoms with Gasteiger partial charge in [0, 0.05) is 31.1 Å². The van der Waals surface area contributed by atoms with Crippen LogP contribution in [-0.2, 0) is 14.3 Å². The predicted octanol–water partition coefficient (Wildman–Crippen LogP) is 3.74. The molecule has 0 bridgehead atoms. The predicted molar refractivity (Wildman–Crippen MR) is 95.3 cm³/mol. The van der Waals surface area contributed by atoms with Crippen molar-refractivity contribution in [3.05, 3.63) is 69.8 Å². The molecule has 0 saturated carbocycles. The molecule has 0 N–H and O–H groups in total. The normalized spacial score (nSPS) is 29.4. The molecule has 7 heteroatoms. The Labute approximate surface area is 156 Å². The van der Waals surface area contributed by atoms with E-state index >= 15 is 0 Å². The van der Waals surface area contributed by atoms with Gasteiger partial charge in [-0.1, -0.05) is 30.3 Å². The fraction of sp³-hybridized carbons (Fsp3) is 0.350. The van der Waals surface area contributed by atoms with Gasteiger partial charge in [0.15, 0.2) is 5.79 Å². The molecule has 7 nitrogen and oxygen atoms in total. The number of hydrogen-bond donors (Lipinski definition) is 0. The number of nitro benzene ring substituents is 1. The highest BCUT2D eigenvalue weighted by Gasteiger charge is 2.52. The summed E-state index contributed by atoms with van der Waals surface area (Å²) in [7, 11) is 1.57. The second kappa shape index (κ2) is 6.44. The van der Waals surface area contributed by atoms with Gasteiger partial charge in [0.25, 0.3) is 5.69 Å². The lowest BCUT2D eigenvalue weighted by Gasteiger charge is -2.47. The Kier molecular flexibility index (Phi) is 4.20. The van der Waals surface area contributed by atoms with E-state index in [1.165, 1.54) is 12.1 Å². The van der Waals surface area contributed by atoms with Gasteiger partial charge in [-0.25, -0.2) is 0 Å². The van der Waals surface area contributed by atoms with E-state index in [1.54, 1.807) is 13.2 Å². The fourth-order valence-corrected chi connectivity index (χ4v) is 3.97. The van der Waals surface area contributed by atoms with Crippen LogP contribution in [0, 0.1) is 16.0 Å². The van der Waals surface area contributed by atoms with Crippen LogP contribution >= 0.6 is 0 Å². The number of ether oxygens (including phenoxy) is 3. The van der Waals surface area contributed by atoms with Gasteiger partial charge >= 0.3 is 5.97 Å². The van der Waals surface area contributed by atoms with Crippen LogP contribution in [0.3, 0.4) is 0 Å². The third-order valence-corrected chi connectivity index (χ3v) is 5.38. The van der Waals surface area contributed by atoms with Crippen molar-refractivity contribution >= 4 is 11.7 Å². The molecule has 0 radical (unpaired) electrons. The minimum atomic E-state index is -0.891. The van der Waals surface area contributed by atoms with E-state index in [0.717, 1.165) is 5.56 Å². The summed E-state index contributed by atoms with van der Waals surface area (Å²) in [5.74, 6) is -1.88. The summed E-state index contributed by atoms with van der Waals surface area (Å²) < 4.78 is 17.3. The lowest BCUT2D eigenvalue weighted by atomic mass is 9.73. The zero-order chi connectivity index (χ0) is 19.2. The molecule has 4 unspecified atom stereocenters. The van der Waals surface area contributed by atoms with Crippen LogP contribution in [0.2, 0.25) is 0 Å². The van der Waals surface area contributed by atoms with Crippen LogP contribution in [0.5, 0.6) is 5.75 Å². The van der Waals surface area contributed by atoms with Crippen LogP contribution in [-0.4, -0.2) is 23.8 Å². The maximum atomic E-state index is 12.8. The number of nitro groups is 1. The van der Waals surface area contributed by atoms with Gasteiger partial charge in [0.2, 0.25) is 0 Å². The Hall–Kier alpha value is -2.77. The number of esters is 1. The van der Waals surface area contributed by atoms with Crippen LogP contribution in [0.25, 0.3) is 0 Å². The van der Waals surface area contributed by atoms with E-state index < -0.39 is 28.7 Å². The zero-order valence-corrected chi connectivity index (χ0v) is 15.0. The molecule has 2 aliphatic rings. The monoisotopic (exact) mass is 369 g/mol. The summed E-state index contributed by atoms with van der Waals surface area (Å²) in [6.45, 7) is 1.84. The molecular formula is C20H19NO6. The van der Waals surface area contributed by atoms with Crippen LogP contribution in [0.15, 0.2) is 48.5 Å². The van der Waals surface area contributed by atoms with Crippen molar-refractivity contribution in [2.75, 3.05) is 7.11 Å². The Morgan fingerprint density at radius 1 is 1.22 bits per heavy atom. The summed E-state index contributed by atoms with van der Waals surface area (Å²) >= 11 is 0. The topological polar surface area (TPSA) is 87.9 Å². The molecule has 2 aromatic rings. The second-order valence-electron chi connectivity index (χ2n) is 7.02. The van der Waals surface area contributed by atoms with E-state index in [1.807, 2.05) is 37.3 Å². The minimum Gasteiger partial charge on any atom is -0.426 e. The van der Waals surface area contributed by atoms with E-state index in [2.05, 4.69) is 0 Å². The molecule has 2 heterocycles. The largest absolute Gasteiger partial charge is 0.426 e. The molecule has 0 aliphatic carbocycles. The smallest absolute Gasteiger partial charge is 0.317 e. The number of rotatable bonds is 3. The van der Waals surface area contributed by atoms with Gasteiger partial charge in [-0.15, -0.1) is 0 Å². The molecule has 0 amide bonds. The first-order valence-electron chi connectivity index (χ1n) is 8.70. The molecule has 1 fully saturated rings. The highest BCUT2D eigenvalue weighted by Crippen LogP contribution is 2.53. The maximum Gasteiger partial charge on any atom is 0.317 e. The van der Waals surface area contributed by atoms with Crippen molar-refractivity contribution in [3.8, 4) is 5.75 Å². The van der Waals surface area contributed by atoms with E-state index in [4.69, 9.17) is 14.2 Å². The van der Waals surface area contributed by atoms with Gasteiger partial charge in [0.1, 0.15) is 11.9 Å². The summed E-state index contributed by atoms with van der Waals surface area (Å²) in [5, 5.41) is 11.1. The van der Waals surface area contributed by atoms with Gasteiger partial charge < -0.3 is 14.2 Å². The SMILES string of the molecule is COC1(C)CC(c2ccccc2)C2C(=O)Oc3cc([N+](=O)[O-])ccc3C2O1. The molecule has 4 rings (SSSR count). The summed E-state index contributed by atoms with van der Waals surface area (Å²) in [4.78, 5) is 23.4. The first kappa shape index (κ1) is 17.6. The van der Waals surface area contributed by atoms with Crippen LogP contribution in [0.4, 0.5) is 5.69 Å². The van der Waals surface area contributed by atoms with Crippen LogP contribution in [0.1, 0.15) is 36.5 Å². The molecular weight excluding hydrogens is 350 g/mol. The lowest BCUT2D eigenvalue weighted by molar-refractivity contribution is -0.385. The quantitative estimate of drug-likeness (QED) is 0.354. The Balaban J connectivity index is 1.82. The number of benzene rings is 2. The number of carbonyl (C=O) groups excluding carboxylic acids is 1. The third kappa shape index (κ3) is 2.98. The standard InChI is InChI=1S/C20H19NO6/c1-20(25-2)11-15(12-6-4-3-5-7-12)17-18(27-20)14-9-8-13(21(23)24)10-16(14)26-19(17)22/h3-10,15,17-18H,11H2,1-2H3. The number of carbonyl (C=O) groups is 1. The van der Waals surface area contributed by atoms with E-state index in [9.17, 15) is 14.9 Å². The van der Waals surface area contributed by atoms with Crippen molar-refractivity contribution in [1.82, 2.24) is 0 Å². The summed E-state index contributed by atoms with van der Waals surface area (Å²) in [5.41, 5.74) is 1.49. The van der Waals surface area contributed by atoms with Crippen molar-refractivity contribution in [1.29, 1.82) is 0 Å². The van der Waals surface area contributed by atoms with E-state index in [-0.39, 0.29) is 17.4 Å². The van der Waals surface area contributed by atoms with E-state index in [0.29, 0.717) is 12.0 Å². The van der Waals surface area contributed by atoms with Gasteiger partial charge in [0.05, 0.1) is 16.9 Å². The molecule has 27 heavy (non-hydrogen) atoms.